The minimum absolute atomic E-state index is 0.374. The molecule has 4 nitrogen and oxygen atoms in total. The normalized spacial score (nSPS) is 15.0. The highest BCUT2D eigenvalue weighted by Gasteiger charge is 2.25. The molecule has 0 amide bonds. The Hall–Kier alpha value is -2.50. The Kier molecular flexibility index (Phi) is 10.5. The van der Waals surface area contributed by atoms with E-state index in [2.05, 4.69) is 67.0 Å². The molecule has 0 bridgehead atoms. The van der Waals surface area contributed by atoms with Crippen molar-refractivity contribution in [2.45, 2.75) is 78.2 Å². The summed E-state index contributed by atoms with van der Waals surface area (Å²) in [6.07, 6.45) is 8.04. The van der Waals surface area contributed by atoms with Crippen molar-refractivity contribution in [1.82, 2.24) is 4.90 Å². The Labute approximate surface area is 234 Å². The first-order chi connectivity index (χ1) is 18.5. The van der Waals surface area contributed by atoms with Gasteiger partial charge in [-0.05, 0) is 111 Å². The fourth-order valence-corrected chi connectivity index (χ4v) is 6.80. The van der Waals surface area contributed by atoms with Gasteiger partial charge in [0.05, 0.1) is 13.7 Å². The number of anilines is 1. The number of phenolic OH excluding ortho intramolecular Hbond substituents is 1. The molecule has 1 aliphatic carbocycles. The Morgan fingerprint density at radius 3 is 2.53 bits per heavy atom. The average molecular weight is 535 g/mol. The molecule has 1 aliphatic rings. The summed E-state index contributed by atoms with van der Waals surface area (Å²) in [6, 6.07) is 17.2. The maximum atomic E-state index is 9.92. The number of aromatic hydroxyl groups is 1. The molecule has 2 aromatic carbocycles. The van der Waals surface area contributed by atoms with Gasteiger partial charge in [-0.2, -0.15) is 0 Å². The van der Waals surface area contributed by atoms with Gasteiger partial charge >= 0.3 is 0 Å². The summed E-state index contributed by atoms with van der Waals surface area (Å²) in [7, 11) is 1.76. The summed E-state index contributed by atoms with van der Waals surface area (Å²) in [5.41, 5.74) is 5.36. The molecule has 1 unspecified atom stereocenters. The molecule has 1 aromatic heterocycles. The first-order valence-corrected chi connectivity index (χ1v) is 15.4. The Bertz CT molecular complexity index is 1160. The molecule has 206 valence electrons. The van der Waals surface area contributed by atoms with Crippen molar-refractivity contribution in [3.63, 3.8) is 0 Å². The van der Waals surface area contributed by atoms with Crippen LogP contribution in [-0.4, -0.2) is 43.3 Å². The molecular weight excluding hydrogens is 488 g/mol. The first kappa shape index (κ1) is 28.5. The number of thiophene rings is 1. The molecule has 38 heavy (non-hydrogen) atoms. The van der Waals surface area contributed by atoms with E-state index in [1.54, 1.807) is 7.11 Å². The molecule has 1 atom stereocenters. The zero-order valence-corrected chi connectivity index (χ0v) is 24.7. The summed E-state index contributed by atoms with van der Waals surface area (Å²) in [6.45, 7) is 12.3. The predicted molar refractivity (Wildman–Crippen MR) is 162 cm³/mol. The van der Waals surface area contributed by atoms with Gasteiger partial charge in [-0.25, -0.2) is 0 Å². The summed E-state index contributed by atoms with van der Waals surface area (Å²) < 4.78 is 5.66. The van der Waals surface area contributed by atoms with E-state index in [-0.39, 0.29) is 0 Å². The number of aryl methyl sites for hydroxylation is 1. The van der Waals surface area contributed by atoms with Crippen molar-refractivity contribution in [2.24, 2.45) is 0 Å². The second-order valence-electron chi connectivity index (χ2n) is 10.6. The third-order valence-electron chi connectivity index (χ3n) is 7.92. The number of phenols is 1. The molecule has 1 heterocycles. The lowest BCUT2D eigenvalue weighted by Gasteiger charge is -2.31. The summed E-state index contributed by atoms with van der Waals surface area (Å²) >= 11 is 1.98. The van der Waals surface area contributed by atoms with Crippen LogP contribution in [-0.2, 0) is 25.8 Å². The molecule has 0 saturated carbocycles. The van der Waals surface area contributed by atoms with Crippen LogP contribution in [0.1, 0.15) is 78.8 Å². The van der Waals surface area contributed by atoms with Gasteiger partial charge in [0.25, 0.3) is 0 Å². The van der Waals surface area contributed by atoms with Crippen molar-refractivity contribution in [3.05, 3.63) is 75.0 Å². The van der Waals surface area contributed by atoms with Gasteiger partial charge in [0.15, 0.2) is 0 Å². The summed E-state index contributed by atoms with van der Waals surface area (Å²) in [4.78, 5) is 8.07. The van der Waals surface area contributed by atoms with Crippen LogP contribution in [0.4, 0.5) is 5.69 Å². The number of unbranched alkanes of at least 4 members (excludes halogenated alkanes) is 1. The van der Waals surface area contributed by atoms with E-state index in [4.69, 9.17) is 4.74 Å². The highest BCUT2D eigenvalue weighted by molar-refractivity contribution is 7.12. The number of methoxy groups -OCH3 is 1. The number of ether oxygens (including phenoxy) is 1. The molecule has 1 N–H and O–H groups in total. The van der Waals surface area contributed by atoms with Crippen LogP contribution in [0.2, 0.25) is 0 Å². The Morgan fingerprint density at radius 1 is 0.921 bits per heavy atom. The van der Waals surface area contributed by atoms with Gasteiger partial charge < -0.3 is 19.6 Å². The van der Waals surface area contributed by atoms with Gasteiger partial charge in [-0.3, -0.25) is 0 Å². The van der Waals surface area contributed by atoms with Gasteiger partial charge in [0, 0.05) is 34.6 Å². The van der Waals surface area contributed by atoms with Crippen LogP contribution < -0.4 is 9.64 Å². The number of benzene rings is 2. The van der Waals surface area contributed by atoms with Gasteiger partial charge in [-0.15, -0.1) is 11.3 Å². The van der Waals surface area contributed by atoms with Crippen molar-refractivity contribution >= 4 is 17.0 Å². The van der Waals surface area contributed by atoms with E-state index in [9.17, 15) is 5.11 Å². The van der Waals surface area contributed by atoms with Crippen molar-refractivity contribution in [2.75, 3.05) is 38.2 Å². The Balaban J connectivity index is 1.49. The first-order valence-electron chi connectivity index (χ1n) is 14.6. The van der Waals surface area contributed by atoms with Crippen LogP contribution in [0, 0.1) is 0 Å². The lowest BCUT2D eigenvalue weighted by molar-refractivity contribution is 0.274. The van der Waals surface area contributed by atoms with E-state index in [1.807, 2.05) is 23.5 Å². The fourth-order valence-electron chi connectivity index (χ4n) is 5.78. The van der Waals surface area contributed by atoms with Gasteiger partial charge in [0.1, 0.15) is 11.5 Å². The molecule has 0 spiro atoms. The van der Waals surface area contributed by atoms with Crippen molar-refractivity contribution < 1.29 is 9.84 Å². The number of hydrogen-bond donors (Lipinski definition) is 1. The van der Waals surface area contributed by atoms with Crippen LogP contribution >= 0.6 is 11.3 Å². The predicted octanol–water partition coefficient (Wildman–Crippen LogP) is 7.82. The average Bonchev–Trinajstić information content (AvgIpc) is 3.40. The molecule has 0 fully saturated rings. The number of nitrogens with zero attached hydrogens (tertiary/aromatic N) is 2. The zero-order chi connectivity index (χ0) is 26.9. The molecule has 0 radical (unpaired) electrons. The lowest BCUT2D eigenvalue weighted by atomic mass is 9.79. The summed E-state index contributed by atoms with van der Waals surface area (Å²) in [5, 5.41) is 9.92. The maximum Gasteiger partial charge on any atom is 0.120 e. The molecule has 0 saturated heterocycles. The molecule has 5 heteroatoms. The number of hydrogen-bond acceptors (Lipinski definition) is 5. The minimum Gasteiger partial charge on any atom is -0.508 e. The van der Waals surface area contributed by atoms with Crippen molar-refractivity contribution in [3.8, 4) is 11.5 Å². The monoisotopic (exact) mass is 534 g/mol. The van der Waals surface area contributed by atoms with E-state index in [1.165, 1.54) is 64.5 Å². The third-order valence-corrected chi connectivity index (χ3v) is 9.05. The van der Waals surface area contributed by atoms with Crippen LogP contribution in [0.25, 0.3) is 0 Å². The highest BCUT2D eigenvalue weighted by Crippen LogP contribution is 2.40. The van der Waals surface area contributed by atoms with E-state index in [0.717, 1.165) is 51.1 Å². The number of fused-ring (bicyclic) bond motifs is 1. The second-order valence-corrected chi connectivity index (χ2v) is 11.9. The van der Waals surface area contributed by atoms with Gasteiger partial charge in [0.2, 0.25) is 0 Å². The quantitative estimate of drug-likeness (QED) is 0.229. The van der Waals surface area contributed by atoms with Gasteiger partial charge in [-0.1, -0.05) is 32.4 Å². The van der Waals surface area contributed by atoms with E-state index in [0.29, 0.717) is 11.7 Å². The van der Waals surface area contributed by atoms with Crippen LogP contribution in [0.15, 0.2) is 48.5 Å². The van der Waals surface area contributed by atoms with Crippen LogP contribution in [0.3, 0.4) is 0 Å². The molecule has 0 aliphatic heterocycles. The van der Waals surface area contributed by atoms with Crippen LogP contribution in [0.5, 0.6) is 11.5 Å². The standard InChI is InChI=1S/C33H46N2O2S/c1-5-8-19-34(18-6-2)20-17-30-14-15-31(38-30)24-35(7-3)33-23-29(37-4)13-16-32(33)27-10-9-26-22-28(36)12-11-25(26)21-27/h11-16,22-23,27,36H,5-10,17-21,24H2,1-4H3. The third kappa shape index (κ3) is 7.33. The second kappa shape index (κ2) is 14.0. The molecule has 4 rings (SSSR count). The van der Waals surface area contributed by atoms with E-state index >= 15 is 0 Å². The minimum atomic E-state index is 0.374. The zero-order valence-electron chi connectivity index (χ0n) is 23.8. The summed E-state index contributed by atoms with van der Waals surface area (Å²) in [5.74, 6) is 1.76. The maximum absolute atomic E-state index is 9.92. The largest absolute Gasteiger partial charge is 0.508 e. The topological polar surface area (TPSA) is 35.9 Å². The fraction of sp³-hybridized carbons (Fsp3) is 0.515. The van der Waals surface area contributed by atoms with E-state index < -0.39 is 0 Å². The number of rotatable bonds is 14. The highest BCUT2D eigenvalue weighted by atomic mass is 32.1. The molecular formula is C33H46N2O2S. The molecule has 3 aromatic rings. The SMILES string of the molecule is CCCCN(CCC)CCc1ccc(CN(CC)c2cc(OC)ccc2C2CCc3cc(O)ccc3C2)s1. The lowest BCUT2D eigenvalue weighted by Crippen LogP contribution is -2.27. The Morgan fingerprint density at radius 2 is 1.76 bits per heavy atom. The van der Waals surface area contributed by atoms with Crippen molar-refractivity contribution in [1.29, 1.82) is 0 Å². The smallest absolute Gasteiger partial charge is 0.120 e.